The molecule has 7 nitrogen and oxygen atoms in total. The Hall–Kier alpha value is -2.80. The van der Waals surface area contributed by atoms with E-state index >= 15 is 0 Å². The number of likely N-dealkylation sites (tertiary alicyclic amines) is 1. The van der Waals surface area contributed by atoms with Crippen LogP contribution in [0.25, 0.3) is 11.4 Å². The highest BCUT2D eigenvalue weighted by Gasteiger charge is 2.26. The molecule has 1 aromatic carbocycles. The lowest BCUT2D eigenvalue weighted by Crippen LogP contribution is -2.33. The Morgan fingerprint density at radius 1 is 1.07 bits per heavy atom. The monoisotopic (exact) mass is 378 g/mol. The molecule has 0 aliphatic carbocycles. The van der Waals surface area contributed by atoms with Crippen molar-refractivity contribution in [3.05, 3.63) is 64.6 Å². The fraction of sp³-hybridized carbons (Fsp3) is 0.429. The normalized spacial score (nSPS) is 15.8. The Labute approximate surface area is 164 Å². The fourth-order valence-electron chi connectivity index (χ4n) is 3.90. The van der Waals surface area contributed by atoms with Crippen LogP contribution in [-0.4, -0.2) is 42.3 Å². The van der Waals surface area contributed by atoms with Crippen molar-refractivity contribution in [3.8, 4) is 11.4 Å². The Balaban J connectivity index is 1.37. The van der Waals surface area contributed by atoms with E-state index in [0.717, 1.165) is 55.3 Å². The van der Waals surface area contributed by atoms with Crippen molar-refractivity contribution < 1.29 is 0 Å². The third-order valence-corrected chi connectivity index (χ3v) is 5.45. The minimum atomic E-state index is -0.0180. The van der Waals surface area contributed by atoms with Crippen molar-refractivity contribution in [3.63, 3.8) is 0 Å². The van der Waals surface area contributed by atoms with Crippen LogP contribution in [0.4, 0.5) is 0 Å². The van der Waals surface area contributed by atoms with Crippen LogP contribution >= 0.6 is 0 Å². The smallest absolute Gasteiger partial charge is 0.299 e. The van der Waals surface area contributed by atoms with Gasteiger partial charge >= 0.3 is 5.69 Å². The van der Waals surface area contributed by atoms with Gasteiger partial charge in [0.15, 0.2) is 5.82 Å². The van der Waals surface area contributed by atoms with Gasteiger partial charge in [0.2, 0.25) is 0 Å². The summed E-state index contributed by atoms with van der Waals surface area (Å²) in [5.74, 6) is 2.04. The first-order valence-corrected chi connectivity index (χ1v) is 9.88. The van der Waals surface area contributed by atoms with Crippen molar-refractivity contribution in [1.82, 2.24) is 29.2 Å². The first-order chi connectivity index (χ1) is 13.7. The molecule has 0 bridgehead atoms. The molecule has 1 fully saturated rings. The van der Waals surface area contributed by atoms with E-state index in [-0.39, 0.29) is 5.69 Å². The summed E-state index contributed by atoms with van der Waals surface area (Å²) in [7, 11) is 1.73. The summed E-state index contributed by atoms with van der Waals surface area (Å²) in [6.45, 7) is 5.50. The zero-order valence-electron chi connectivity index (χ0n) is 16.5. The van der Waals surface area contributed by atoms with E-state index in [2.05, 4.69) is 20.0 Å². The maximum Gasteiger partial charge on any atom is 0.345 e. The summed E-state index contributed by atoms with van der Waals surface area (Å²) in [6.07, 6.45) is 5.88. The second-order valence-electron chi connectivity index (χ2n) is 7.34. The van der Waals surface area contributed by atoms with Crippen LogP contribution < -0.4 is 5.69 Å². The molecule has 4 rings (SSSR count). The lowest BCUT2D eigenvalue weighted by molar-refractivity contribution is 0.199. The maximum absolute atomic E-state index is 12.1. The highest BCUT2D eigenvalue weighted by Crippen LogP contribution is 2.27. The number of nitrogens with zero attached hydrogens (tertiary/aromatic N) is 6. The van der Waals surface area contributed by atoms with Crippen molar-refractivity contribution >= 4 is 0 Å². The van der Waals surface area contributed by atoms with Gasteiger partial charge in [-0.2, -0.15) is 5.10 Å². The quantitative estimate of drug-likeness (QED) is 0.682. The largest absolute Gasteiger partial charge is 0.345 e. The van der Waals surface area contributed by atoms with E-state index in [9.17, 15) is 4.79 Å². The molecule has 0 amide bonds. The molecule has 0 unspecified atom stereocenters. The minimum Gasteiger partial charge on any atom is -0.299 e. The Bertz CT molecular complexity index is 968. The van der Waals surface area contributed by atoms with E-state index in [4.69, 9.17) is 0 Å². The standard InChI is InChI=1S/C21H26N6O/c1-3-27-20(24-25(2)21(27)28)18-9-11-26(12-10-18)15-16-13-22-19(23-14-16)17-7-5-4-6-8-17/h4-8,13-14,18H,3,9-12,15H2,1-2H3. The molecule has 0 saturated carbocycles. The van der Waals surface area contributed by atoms with Crippen molar-refractivity contribution in [1.29, 1.82) is 0 Å². The van der Waals surface area contributed by atoms with Crippen LogP contribution in [0.15, 0.2) is 47.5 Å². The molecule has 2 aromatic heterocycles. The summed E-state index contributed by atoms with van der Waals surface area (Å²) in [6, 6.07) is 10.0. The van der Waals surface area contributed by atoms with E-state index < -0.39 is 0 Å². The van der Waals surface area contributed by atoms with Crippen LogP contribution in [0, 0.1) is 0 Å². The van der Waals surface area contributed by atoms with Gasteiger partial charge in [-0.1, -0.05) is 30.3 Å². The van der Waals surface area contributed by atoms with Gasteiger partial charge in [-0.3, -0.25) is 9.47 Å². The summed E-state index contributed by atoms with van der Waals surface area (Å²) in [4.78, 5) is 23.6. The Morgan fingerprint density at radius 3 is 2.39 bits per heavy atom. The topological polar surface area (TPSA) is 68.8 Å². The van der Waals surface area contributed by atoms with Crippen LogP contribution in [0.3, 0.4) is 0 Å². The second-order valence-corrected chi connectivity index (χ2v) is 7.34. The highest BCUT2D eigenvalue weighted by atomic mass is 16.2. The van der Waals surface area contributed by atoms with Gasteiger partial charge in [0, 0.05) is 49.6 Å². The molecular weight excluding hydrogens is 352 g/mol. The summed E-state index contributed by atoms with van der Waals surface area (Å²) in [5.41, 5.74) is 2.14. The first-order valence-electron chi connectivity index (χ1n) is 9.88. The molecule has 1 saturated heterocycles. The Morgan fingerprint density at radius 2 is 1.75 bits per heavy atom. The van der Waals surface area contributed by atoms with Gasteiger partial charge in [-0.15, -0.1) is 0 Å². The van der Waals surface area contributed by atoms with Gasteiger partial charge in [0.25, 0.3) is 0 Å². The average Bonchev–Trinajstić information content (AvgIpc) is 3.03. The van der Waals surface area contributed by atoms with E-state index in [1.54, 1.807) is 11.6 Å². The zero-order valence-corrected chi connectivity index (χ0v) is 16.5. The van der Waals surface area contributed by atoms with Crippen LogP contribution in [0.2, 0.25) is 0 Å². The fourth-order valence-corrected chi connectivity index (χ4v) is 3.90. The maximum atomic E-state index is 12.1. The van der Waals surface area contributed by atoms with Gasteiger partial charge < -0.3 is 0 Å². The van der Waals surface area contributed by atoms with Crippen LogP contribution in [0.1, 0.15) is 37.1 Å². The highest BCUT2D eigenvalue weighted by molar-refractivity contribution is 5.53. The average molecular weight is 378 g/mol. The van der Waals surface area contributed by atoms with Crippen LogP contribution in [-0.2, 0) is 20.1 Å². The van der Waals surface area contributed by atoms with Gasteiger partial charge in [-0.05, 0) is 32.9 Å². The molecule has 0 N–H and O–H groups in total. The first kappa shape index (κ1) is 18.6. The number of rotatable bonds is 5. The SMILES string of the molecule is CCn1c(C2CCN(Cc3cnc(-c4ccccc4)nc3)CC2)nn(C)c1=O. The third kappa shape index (κ3) is 3.75. The van der Waals surface area contributed by atoms with Crippen LogP contribution in [0.5, 0.6) is 0 Å². The lowest BCUT2D eigenvalue weighted by Gasteiger charge is -2.31. The molecule has 146 valence electrons. The van der Waals surface area contributed by atoms with Gasteiger partial charge in [0.1, 0.15) is 5.82 Å². The number of hydrogen-bond acceptors (Lipinski definition) is 5. The molecule has 0 spiro atoms. The van der Waals surface area contributed by atoms with Crippen molar-refractivity contribution in [2.45, 2.75) is 38.8 Å². The number of aryl methyl sites for hydroxylation is 1. The number of benzene rings is 1. The second kappa shape index (κ2) is 8.06. The molecule has 28 heavy (non-hydrogen) atoms. The molecule has 7 heteroatoms. The van der Waals surface area contributed by atoms with Crippen molar-refractivity contribution in [2.24, 2.45) is 7.05 Å². The zero-order chi connectivity index (χ0) is 19.5. The van der Waals surface area contributed by atoms with Gasteiger partial charge in [-0.25, -0.2) is 19.4 Å². The number of aromatic nitrogens is 5. The summed E-state index contributed by atoms with van der Waals surface area (Å²) >= 11 is 0. The third-order valence-electron chi connectivity index (χ3n) is 5.45. The van der Waals surface area contributed by atoms with E-state index in [1.165, 1.54) is 4.68 Å². The van der Waals surface area contributed by atoms with Gasteiger partial charge in [0.05, 0.1) is 0 Å². The Kier molecular flexibility index (Phi) is 5.34. The van der Waals surface area contributed by atoms with E-state index in [1.807, 2.05) is 49.6 Å². The molecule has 1 aliphatic heterocycles. The molecule has 3 aromatic rings. The molecular formula is C21H26N6O. The van der Waals surface area contributed by atoms with Crippen molar-refractivity contribution in [2.75, 3.05) is 13.1 Å². The minimum absolute atomic E-state index is 0.0180. The molecule has 1 aliphatic rings. The predicted molar refractivity (Wildman–Crippen MR) is 108 cm³/mol. The predicted octanol–water partition coefficient (Wildman–Crippen LogP) is 2.44. The molecule has 3 heterocycles. The van der Waals surface area contributed by atoms with E-state index in [0.29, 0.717) is 12.5 Å². The number of piperidine rings is 1. The molecule has 0 atom stereocenters. The summed E-state index contributed by atoms with van der Waals surface area (Å²) in [5, 5.41) is 4.48. The molecule has 0 radical (unpaired) electrons. The summed E-state index contributed by atoms with van der Waals surface area (Å²) < 4.78 is 3.26. The number of hydrogen-bond donors (Lipinski definition) is 0. The lowest BCUT2D eigenvalue weighted by atomic mass is 9.95.